The summed E-state index contributed by atoms with van der Waals surface area (Å²) in [5, 5.41) is 0. The van der Waals surface area contributed by atoms with Gasteiger partial charge in [0, 0.05) is 0 Å². The average molecular weight is 592 g/mol. The van der Waals surface area contributed by atoms with Crippen LogP contribution in [0.3, 0.4) is 0 Å². The molecule has 0 aromatic heterocycles. The van der Waals surface area contributed by atoms with Gasteiger partial charge in [0.1, 0.15) is 0 Å². The Labute approximate surface area is 199 Å². The van der Waals surface area contributed by atoms with Gasteiger partial charge in [0.15, 0.2) is 0 Å². The quantitative estimate of drug-likeness (QED) is 0.185. The van der Waals surface area contributed by atoms with Crippen LogP contribution in [-0.4, -0.2) is 61.3 Å². The summed E-state index contributed by atoms with van der Waals surface area (Å²) in [5.41, 5.74) is 0. The lowest BCUT2D eigenvalue weighted by Gasteiger charge is -2.43. The molecule has 0 aromatic rings. The largest absolute Gasteiger partial charge is 1.00 e. The highest BCUT2D eigenvalue weighted by Gasteiger charge is 2.32. The van der Waals surface area contributed by atoms with Crippen LogP contribution in [0.4, 0.5) is 0 Å². The first-order valence-electron chi connectivity index (χ1n) is 11.3. The normalized spacial score (nSPS) is 23.1. The van der Waals surface area contributed by atoms with Gasteiger partial charge in [-0.15, -0.1) is 0 Å². The number of unbranched alkanes of at least 4 members (excludes halogenated alkanes) is 1. The van der Waals surface area contributed by atoms with E-state index >= 15 is 0 Å². The van der Waals surface area contributed by atoms with Crippen molar-refractivity contribution in [3.63, 3.8) is 0 Å². The molecule has 2 aliphatic rings. The van der Waals surface area contributed by atoms with Gasteiger partial charge in [0.05, 0.1) is 52.4 Å². The van der Waals surface area contributed by atoms with Gasteiger partial charge in [-0.1, -0.05) is 25.7 Å². The molecular weight excluding hydrogens is 546 g/mol. The first-order chi connectivity index (χ1) is 11.6. The highest BCUT2D eigenvalue weighted by molar-refractivity contribution is 4.68. The second kappa shape index (κ2) is 13.6. The molecule has 26 heavy (non-hydrogen) atoms. The SMILES string of the molecule is CC[N+]1(CC)CCC(CCCCC2CC[N+](CC)(CC)CC2)CC1.[I-].[I-]. The molecule has 0 bridgehead atoms. The van der Waals surface area contributed by atoms with Crippen LogP contribution in [-0.2, 0) is 0 Å². The third-order valence-electron chi connectivity index (χ3n) is 8.20. The van der Waals surface area contributed by atoms with Crippen molar-refractivity contribution in [2.45, 2.75) is 79.1 Å². The number of piperidine rings is 2. The summed E-state index contributed by atoms with van der Waals surface area (Å²) in [6.07, 6.45) is 12.0. The fourth-order valence-corrected chi connectivity index (χ4v) is 5.49. The number of quaternary nitrogens is 2. The zero-order valence-corrected chi connectivity index (χ0v) is 22.4. The van der Waals surface area contributed by atoms with Crippen molar-refractivity contribution in [2.75, 3.05) is 52.4 Å². The van der Waals surface area contributed by atoms with Crippen LogP contribution in [0.5, 0.6) is 0 Å². The molecule has 0 spiro atoms. The van der Waals surface area contributed by atoms with E-state index in [2.05, 4.69) is 27.7 Å². The van der Waals surface area contributed by atoms with Crippen LogP contribution in [0.2, 0.25) is 0 Å². The van der Waals surface area contributed by atoms with E-state index in [-0.39, 0.29) is 48.0 Å². The molecule has 0 aliphatic carbocycles. The second-order valence-corrected chi connectivity index (χ2v) is 9.01. The van der Waals surface area contributed by atoms with E-state index in [1.54, 1.807) is 0 Å². The van der Waals surface area contributed by atoms with Gasteiger partial charge in [-0.05, 0) is 65.2 Å². The zero-order valence-electron chi connectivity index (χ0n) is 18.1. The first kappa shape index (κ1) is 27.4. The van der Waals surface area contributed by atoms with E-state index in [1.807, 2.05) is 0 Å². The maximum Gasteiger partial charge on any atom is 0.0789 e. The predicted octanol–water partition coefficient (Wildman–Crippen LogP) is -0.912. The number of hydrogen-bond acceptors (Lipinski definition) is 0. The molecule has 0 radical (unpaired) electrons. The summed E-state index contributed by atoms with van der Waals surface area (Å²) < 4.78 is 2.79. The molecule has 2 saturated heterocycles. The second-order valence-electron chi connectivity index (χ2n) is 9.01. The van der Waals surface area contributed by atoms with Crippen molar-refractivity contribution in [3.8, 4) is 0 Å². The first-order valence-corrected chi connectivity index (χ1v) is 11.3. The van der Waals surface area contributed by atoms with Crippen molar-refractivity contribution >= 4 is 0 Å². The van der Waals surface area contributed by atoms with Crippen molar-refractivity contribution in [2.24, 2.45) is 11.8 Å². The number of hydrogen-bond donors (Lipinski definition) is 0. The Hall–Kier alpha value is 1.38. The molecular formula is C22H46I2N2. The molecule has 158 valence electrons. The molecule has 0 aromatic carbocycles. The fraction of sp³-hybridized carbons (Fsp3) is 1.00. The van der Waals surface area contributed by atoms with Gasteiger partial charge in [-0.25, -0.2) is 0 Å². The lowest BCUT2D eigenvalue weighted by atomic mass is 9.86. The van der Waals surface area contributed by atoms with Crippen LogP contribution in [0.15, 0.2) is 0 Å². The standard InChI is InChI=1S/C22H46N2.2HI/c1-5-23(6-2)17-13-21(14-18-23)11-9-10-12-22-15-19-24(7-3,8-4)20-16-22;;/h21-22H,5-20H2,1-4H3;2*1H/q+2;;/p-2. The Bertz CT molecular complexity index is 300. The molecule has 0 saturated carbocycles. The topological polar surface area (TPSA) is 0 Å². The minimum Gasteiger partial charge on any atom is -1.00 e. The van der Waals surface area contributed by atoms with Crippen LogP contribution in [0.1, 0.15) is 79.1 Å². The molecule has 0 N–H and O–H groups in total. The minimum absolute atomic E-state index is 0. The van der Waals surface area contributed by atoms with Gasteiger partial charge in [0.25, 0.3) is 0 Å². The van der Waals surface area contributed by atoms with Gasteiger partial charge in [0.2, 0.25) is 0 Å². The molecule has 2 nitrogen and oxygen atoms in total. The smallest absolute Gasteiger partial charge is 0.0789 e. The number of nitrogens with zero attached hydrogens (tertiary/aromatic N) is 2. The third-order valence-corrected chi connectivity index (χ3v) is 8.20. The minimum atomic E-state index is 0. The highest BCUT2D eigenvalue weighted by atomic mass is 127. The van der Waals surface area contributed by atoms with Crippen LogP contribution >= 0.6 is 0 Å². The van der Waals surface area contributed by atoms with Crippen molar-refractivity contribution in [1.29, 1.82) is 0 Å². The van der Waals surface area contributed by atoms with Crippen LogP contribution in [0.25, 0.3) is 0 Å². The summed E-state index contributed by atoms with van der Waals surface area (Å²) >= 11 is 0. The molecule has 2 aliphatic heterocycles. The molecule has 2 fully saturated rings. The third kappa shape index (κ3) is 7.66. The van der Waals surface area contributed by atoms with Gasteiger partial charge in [-0.3, -0.25) is 0 Å². The van der Waals surface area contributed by atoms with E-state index in [0.29, 0.717) is 0 Å². The van der Waals surface area contributed by atoms with E-state index in [1.165, 1.54) is 113 Å². The van der Waals surface area contributed by atoms with Crippen molar-refractivity contribution < 1.29 is 56.9 Å². The van der Waals surface area contributed by atoms with Crippen LogP contribution in [0, 0.1) is 11.8 Å². The summed E-state index contributed by atoms with van der Waals surface area (Å²) in [5.74, 6) is 2.09. The van der Waals surface area contributed by atoms with E-state index in [9.17, 15) is 0 Å². The molecule has 0 amide bonds. The Morgan fingerprint density at radius 2 is 0.808 bits per heavy atom. The van der Waals surface area contributed by atoms with E-state index in [4.69, 9.17) is 0 Å². The molecule has 0 atom stereocenters. The monoisotopic (exact) mass is 592 g/mol. The molecule has 0 unspecified atom stereocenters. The average Bonchev–Trinajstić information content (AvgIpc) is 2.66. The molecule has 2 heterocycles. The lowest BCUT2D eigenvalue weighted by Crippen LogP contribution is -3.00. The van der Waals surface area contributed by atoms with Gasteiger partial charge >= 0.3 is 0 Å². The van der Waals surface area contributed by atoms with E-state index < -0.39 is 0 Å². The number of halogens is 2. The summed E-state index contributed by atoms with van der Waals surface area (Å²) in [6, 6.07) is 0. The maximum atomic E-state index is 2.39. The van der Waals surface area contributed by atoms with E-state index in [0.717, 1.165) is 11.8 Å². The zero-order chi connectivity index (χ0) is 17.5. The van der Waals surface area contributed by atoms with Crippen LogP contribution < -0.4 is 48.0 Å². The fourth-order valence-electron chi connectivity index (χ4n) is 5.49. The number of likely N-dealkylation sites (tertiary alicyclic amines) is 2. The molecule has 4 heteroatoms. The Morgan fingerprint density at radius 3 is 1.04 bits per heavy atom. The van der Waals surface area contributed by atoms with Crippen molar-refractivity contribution in [1.82, 2.24) is 0 Å². The lowest BCUT2D eigenvalue weighted by molar-refractivity contribution is -0.930. The predicted molar refractivity (Wildman–Crippen MR) is 106 cm³/mol. The Kier molecular flexibility index (Phi) is 14.3. The summed E-state index contributed by atoms with van der Waals surface area (Å²) in [7, 11) is 0. The Morgan fingerprint density at radius 1 is 0.538 bits per heavy atom. The maximum absolute atomic E-state index is 2.39. The highest BCUT2D eigenvalue weighted by Crippen LogP contribution is 2.30. The van der Waals surface area contributed by atoms with Crippen molar-refractivity contribution in [3.05, 3.63) is 0 Å². The summed E-state index contributed by atoms with van der Waals surface area (Å²) in [4.78, 5) is 0. The molecule has 2 rings (SSSR count). The number of rotatable bonds is 9. The summed E-state index contributed by atoms with van der Waals surface area (Å²) in [6.45, 7) is 20.8. The Balaban J connectivity index is 0.00000312. The van der Waals surface area contributed by atoms with Gasteiger partial charge < -0.3 is 56.9 Å². The van der Waals surface area contributed by atoms with Gasteiger partial charge in [-0.2, -0.15) is 0 Å².